The minimum atomic E-state index is -0.676. The lowest BCUT2D eigenvalue weighted by atomic mass is 9.92. The van der Waals surface area contributed by atoms with Gasteiger partial charge in [0.2, 0.25) is 5.91 Å². The molecule has 2 heterocycles. The van der Waals surface area contributed by atoms with Gasteiger partial charge in [-0.1, -0.05) is 44.2 Å². The second-order valence-corrected chi connectivity index (χ2v) is 7.95. The van der Waals surface area contributed by atoms with E-state index in [0.29, 0.717) is 18.9 Å². The number of carbonyl (C=O) groups excluding carboxylic acids is 2. The van der Waals surface area contributed by atoms with Crippen LogP contribution < -0.4 is 10.1 Å². The molecule has 2 aliphatic heterocycles. The van der Waals surface area contributed by atoms with Gasteiger partial charge >= 0.3 is 0 Å². The van der Waals surface area contributed by atoms with Crippen LogP contribution in [-0.2, 0) is 9.59 Å². The van der Waals surface area contributed by atoms with E-state index in [1.54, 1.807) is 4.90 Å². The Bertz CT molecular complexity index is 962. The van der Waals surface area contributed by atoms with E-state index in [2.05, 4.69) is 19.2 Å². The number of nitrogens with one attached hydrogen (secondary N) is 1. The molecular weight excluding hydrogens is 364 g/mol. The molecule has 1 fully saturated rings. The Balaban J connectivity index is 1.63. The number of hydrogen-bond donors (Lipinski definition) is 1. The lowest BCUT2D eigenvalue weighted by Crippen LogP contribution is -2.57. The summed E-state index contributed by atoms with van der Waals surface area (Å²) in [4.78, 5) is 27.1. The molecule has 0 unspecified atom stereocenters. The smallest absolute Gasteiger partial charge is 0.251 e. The van der Waals surface area contributed by atoms with E-state index < -0.39 is 6.04 Å². The van der Waals surface area contributed by atoms with E-state index >= 15 is 0 Å². The van der Waals surface area contributed by atoms with E-state index in [1.165, 1.54) is 5.56 Å². The Morgan fingerprint density at radius 1 is 1.14 bits per heavy atom. The zero-order valence-corrected chi connectivity index (χ0v) is 17.0. The van der Waals surface area contributed by atoms with Crippen molar-refractivity contribution in [3.8, 4) is 5.75 Å². The second-order valence-electron chi connectivity index (χ2n) is 7.95. The van der Waals surface area contributed by atoms with Gasteiger partial charge in [0.1, 0.15) is 17.9 Å². The lowest BCUT2D eigenvalue weighted by molar-refractivity contribution is -0.146. The van der Waals surface area contributed by atoms with Crippen LogP contribution in [0.1, 0.15) is 44.2 Å². The number of rotatable bonds is 5. The summed E-state index contributed by atoms with van der Waals surface area (Å²) in [5.41, 5.74) is 3.66. The van der Waals surface area contributed by atoms with Crippen molar-refractivity contribution in [3.63, 3.8) is 0 Å². The molecule has 0 spiro atoms. The van der Waals surface area contributed by atoms with Gasteiger partial charge in [-0.05, 0) is 42.7 Å². The maximum absolute atomic E-state index is 13.3. The van der Waals surface area contributed by atoms with Gasteiger partial charge in [0, 0.05) is 29.8 Å². The second kappa shape index (κ2) is 7.74. The van der Waals surface area contributed by atoms with Crippen LogP contribution in [0.25, 0.3) is 6.08 Å². The number of anilines is 1. The first-order valence-electron chi connectivity index (χ1n) is 10.1. The Morgan fingerprint density at radius 3 is 2.48 bits per heavy atom. The third-order valence-electron chi connectivity index (χ3n) is 5.62. The number of nitrogens with zero attached hydrogens (tertiary/aromatic N) is 1. The normalized spacial score (nSPS) is 19.0. The first-order valence-corrected chi connectivity index (χ1v) is 10.1. The minimum absolute atomic E-state index is 0.00716. The summed E-state index contributed by atoms with van der Waals surface area (Å²) in [5.74, 6) is 1.00. The van der Waals surface area contributed by atoms with Crippen molar-refractivity contribution in [1.82, 2.24) is 4.90 Å². The zero-order valence-electron chi connectivity index (χ0n) is 17.0. The highest BCUT2D eigenvalue weighted by atomic mass is 16.5. The third kappa shape index (κ3) is 3.77. The quantitative estimate of drug-likeness (QED) is 0.778. The molecule has 1 N–H and O–H groups in total. The SMILES string of the molecule is CC(C)c1ccc(NC(=O)[C@@H](C2=Cc3ccccc3O[C@H]2C)N2CCC2=O)cc1. The van der Waals surface area contributed by atoms with Crippen LogP contribution in [0.15, 0.2) is 54.1 Å². The molecular formula is C24H26N2O3. The van der Waals surface area contributed by atoms with Crippen LogP contribution in [0.5, 0.6) is 5.75 Å². The molecule has 2 amide bonds. The molecule has 29 heavy (non-hydrogen) atoms. The maximum Gasteiger partial charge on any atom is 0.251 e. The third-order valence-corrected chi connectivity index (χ3v) is 5.62. The van der Waals surface area contributed by atoms with Crippen molar-refractivity contribution in [3.05, 3.63) is 65.2 Å². The molecule has 5 heteroatoms. The van der Waals surface area contributed by atoms with Crippen LogP contribution in [0.4, 0.5) is 5.69 Å². The van der Waals surface area contributed by atoms with Crippen molar-refractivity contribution in [1.29, 1.82) is 0 Å². The number of likely N-dealkylation sites (tertiary alicyclic amines) is 1. The van der Waals surface area contributed by atoms with Gasteiger partial charge in [0.05, 0.1) is 0 Å². The summed E-state index contributed by atoms with van der Waals surface area (Å²) in [6.45, 7) is 6.76. The predicted molar refractivity (Wildman–Crippen MR) is 114 cm³/mol. The van der Waals surface area contributed by atoms with Gasteiger partial charge in [0.15, 0.2) is 0 Å². The molecule has 0 radical (unpaired) electrons. The number of β-lactam (4-membered cyclic amide) rings is 1. The summed E-state index contributed by atoms with van der Waals surface area (Å²) in [7, 11) is 0. The van der Waals surface area contributed by atoms with Crippen LogP contribution in [-0.4, -0.2) is 35.4 Å². The van der Waals surface area contributed by atoms with E-state index in [4.69, 9.17) is 4.74 Å². The van der Waals surface area contributed by atoms with Gasteiger partial charge < -0.3 is 15.0 Å². The largest absolute Gasteiger partial charge is 0.486 e. The van der Waals surface area contributed by atoms with E-state index in [-0.39, 0.29) is 17.9 Å². The highest BCUT2D eigenvalue weighted by Gasteiger charge is 2.41. The van der Waals surface area contributed by atoms with E-state index in [9.17, 15) is 9.59 Å². The Hall–Kier alpha value is -3.08. The van der Waals surface area contributed by atoms with Gasteiger partial charge in [-0.2, -0.15) is 0 Å². The van der Waals surface area contributed by atoms with Crippen molar-refractivity contribution in [2.75, 3.05) is 11.9 Å². The molecule has 2 aliphatic rings. The van der Waals surface area contributed by atoms with E-state index in [1.807, 2.05) is 61.5 Å². The molecule has 4 rings (SSSR count). The predicted octanol–water partition coefficient (Wildman–Crippen LogP) is 4.21. The molecule has 2 aromatic rings. The van der Waals surface area contributed by atoms with Crippen LogP contribution in [0.3, 0.4) is 0 Å². The van der Waals surface area contributed by atoms with Crippen molar-refractivity contribution >= 4 is 23.6 Å². The minimum Gasteiger partial charge on any atom is -0.486 e. The van der Waals surface area contributed by atoms with Gasteiger partial charge in [-0.25, -0.2) is 0 Å². The molecule has 2 aromatic carbocycles. The monoisotopic (exact) mass is 390 g/mol. The van der Waals surface area contributed by atoms with Crippen molar-refractivity contribution in [2.24, 2.45) is 0 Å². The molecule has 0 aromatic heterocycles. The average Bonchev–Trinajstić information content (AvgIpc) is 2.70. The summed E-state index contributed by atoms with van der Waals surface area (Å²) >= 11 is 0. The van der Waals surface area contributed by atoms with Gasteiger partial charge in [0.25, 0.3) is 5.91 Å². The molecule has 0 bridgehead atoms. The highest BCUT2D eigenvalue weighted by molar-refractivity contribution is 6.01. The van der Waals surface area contributed by atoms with Crippen molar-refractivity contribution in [2.45, 2.75) is 45.3 Å². The zero-order chi connectivity index (χ0) is 20.5. The Labute approximate surface area is 171 Å². The number of amides is 2. The fraction of sp³-hybridized carbons (Fsp3) is 0.333. The number of fused-ring (bicyclic) bond motifs is 1. The summed E-state index contributed by atoms with van der Waals surface area (Å²) in [6.07, 6.45) is 2.17. The average molecular weight is 390 g/mol. The molecule has 150 valence electrons. The van der Waals surface area contributed by atoms with Crippen LogP contribution >= 0.6 is 0 Å². The number of para-hydroxylation sites is 1. The number of ether oxygens (including phenoxy) is 1. The van der Waals surface area contributed by atoms with Gasteiger partial charge in [-0.3, -0.25) is 9.59 Å². The number of hydrogen-bond acceptors (Lipinski definition) is 3. The Kier molecular flexibility index (Phi) is 5.14. The molecule has 0 aliphatic carbocycles. The first kappa shape index (κ1) is 19.2. The van der Waals surface area contributed by atoms with Crippen LogP contribution in [0.2, 0.25) is 0 Å². The fourth-order valence-corrected chi connectivity index (χ4v) is 3.80. The molecule has 0 saturated carbocycles. The molecule has 5 nitrogen and oxygen atoms in total. The van der Waals surface area contributed by atoms with E-state index in [0.717, 1.165) is 22.6 Å². The highest BCUT2D eigenvalue weighted by Crippen LogP contribution is 2.34. The maximum atomic E-state index is 13.3. The van der Waals surface area contributed by atoms with Crippen LogP contribution in [0, 0.1) is 0 Å². The first-order chi connectivity index (χ1) is 13.9. The number of carbonyl (C=O) groups is 2. The lowest BCUT2D eigenvalue weighted by Gasteiger charge is -2.40. The standard InChI is InChI=1S/C24H26N2O3/c1-15(2)17-8-10-19(11-9-17)25-24(28)23(26-13-12-22(26)27)20-14-18-6-4-5-7-21(18)29-16(20)3/h4-11,14-16,23H,12-13H2,1-3H3,(H,25,28)/t16-,23+/m0/s1. The summed E-state index contributed by atoms with van der Waals surface area (Å²) in [5, 5.41) is 2.99. The number of benzene rings is 2. The topological polar surface area (TPSA) is 58.6 Å². The van der Waals surface area contributed by atoms with Gasteiger partial charge in [-0.15, -0.1) is 0 Å². The molecule has 1 saturated heterocycles. The Morgan fingerprint density at radius 2 is 1.86 bits per heavy atom. The summed E-state index contributed by atoms with van der Waals surface area (Å²) in [6, 6.07) is 14.9. The van der Waals surface area contributed by atoms with Crippen molar-refractivity contribution < 1.29 is 14.3 Å². The molecule has 2 atom stereocenters. The fourth-order valence-electron chi connectivity index (χ4n) is 3.80. The summed E-state index contributed by atoms with van der Waals surface area (Å²) < 4.78 is 6.04.